The molecule has 3 heterocycles. The fourth-order valence-corrected chi connectivity index (χ4v) is 6.87. The highest BCUT2D eigenvalue weighted by Gasteiger charge is 2.16. The first-order valence-corrected chi connectivity index (χ1v) is 16.6. The minimum Gasteiger partial charge on any atom is -0.456 e. The van der Waals surface area contributed by atoms with Crippen LogP contribution >= 0.6 is 0 Å². The van der Waals surface area contributed by atoms with Crippen molar-refractivity contribution >= 4 is 43.9 Å². The Morgan fingerprint density at radius 1 is 0.300 bits per heavy atom. The van der Waals surface area contributed by atoms with Crippen LogP contribution in [-0.2, 0) is 0 Å². The number of fused-ring (bicyclic) bond motifs is 6. The third-order valence-electron chi connectivity index (χ3n) is 9.34. The molecule has 0 aliphatic heterocycles. The van der Waals surface area contributed by atoms with Crippen LogP contribution in [0.4, 0.5) is 0 Å². The molecule has 0 unspecified atom stereocenters. The highest BCUT2D eigenvalue weighted by atomic mass is 16.3. The highest BCUT2D eigenvalue weighted by molar-refractivity contribution is 6.11. The van der Waals surface area contributed by atoms with Gasteiger partial charge in [0.2, 0.25) is 0 Å². The van der Waals surface area contributed by atoms with Crippen LogP contribution in [0.25, 0.3) is 100 Å². The normalized spacial score (nSPS) is 11.6. The van der Waals surface area contributed by atoms with Gasteiger partial charge in [-0.05, 0) is 53.1 Å². The van der Waals surface area contributed by atoms with Crippen LogP contribution < -0.4 is 0 Å². The van der Waals surface area contributed by atoms with Crippen LogP contribution in [0.2, 0.25) is 0 Å². The molecule has 0 amide bonds. The lowest BCUT2D eigenvalue weighted by Gasteiger charge is -2.09. The predicted octanol–water partition coefficient (Wildman–Crippen LogP) is 12.0. The molecule has 7 aromatic carbocycles. The van der Waals surface area contributed by atoms with Crippen LogP contribution in [-0.4, -0.2) is 15.0 Å². The van der Waals surface area contributed by atoms with Gasteiger partial charge in [0.25, 0.3) is 0 Å². The summed E-state index contributed by atoms with van der Waals surface area (Å²) in [6, 6.07) is 55.7. The van der Waals surface area contributed by atoms with Gasteiger partial charge in [0.05, 0.1) is 0 Å². The van der Waals surface area contributed by atoms with Gasteiger partial charge in [-0.25, -0.2) is 15.0 Å². The van der Waals surface area contributed by atoms with E-state index in [0.29, 0.717) is 17.5 Å². The van der Waals surface area contributed by atoms with Gasteiger partial charge in [-0.15, -0.1) is 0 Å². The summed E-state index contributed by atoms with van der Waals surface area (Å²) in [4.78, 5) is 14.7. The van der Waals surface area contributed by atoms with Gasteiger partial charge in [-0.3, -0.25) is 0 Å². The largest absolute Gasteiger partial charge is 0.456 e. The molecule has 0 bridgehead atoms. The smallest absolute Gasteiger partial charge is 0.164 e. The fraction of sp³-hybridized carbons (Fsp3) is 0. The van der Waals surface area contributed by atoms with E-state index < -0.39 is 0 Å². The van der Waals surface area contributed by atoms with E-state index in [-0.39, 0.29) is 0 Å². The summed E-state index contributed by atoms with van der Waals surface area (Å²) in [5.74, 6) is 1.90. The second-order valence-corrected chi connectivity index (χ2v) is 12.4. The Labute approximate surface area is 287 Å². The van der Waals surface area contributed by atoms with Crippen molar-refractivity contribution in [2.45, 2.75) is 0 Å². The van der Waals surface area contributed by atoms with Crippen molar-refractivity contribution in [1.82, 2.24) is 15.0 Å². The molecule has 0 saturated carbocycles. The Hall–Kier alpha value is -6.85. The molecule has 10 rings (SSSR count). The summed E-state index contributed by atoms with van der Waals surface area (Å²) in [5.41, 5.74) is 10.4. The highest BCUT2D eigenvalue weighted by Crippen LogP contribution is 2.39. The van der Waals surface area contributed by atoms with E-state index in [1.165, 1.54) is 0 Å². The van der Waals surface area contributed by atoms with Crippen molar-refractivity contribution in [1.29, 1.82) is 0 Å². The lowest BCUT2D eigenvalue weighted by Crippen LogP contribution is -2.00. The summed E-state index contributed by atoms with van der Waals surface area (Å²) < 4.78 is 12.9. The zero-order chi connectivity index (χ0) is 33.0. The average Bonchev–Trinajstić information content (AvgIpc) is 3.76. The molecule has 50 heavy (non-hydrogen) atoms. The van der Waals surface area contributed by atoms with Gasteiger partial charge in [-0.2, -0.15) is 0 Å². The first-order valence-electron chi connectivity index (χ1n) is 16.6. The summed E-state index contributed by atoms with van der Waals surface area (Å²) in [5, 5.41) is 4.38. The minimum atomic E-state index is 0.621. The lowest BCUT2D eigenvalue weighted by molar-refractivity contribution is 0.668. The topological polar surface area (TPSA) is 65.0 Å². The van der Waals surface area contributed by atoms with Crippen LogP contribution in [0.3, 0.4) is 0 Å². The van der Waals surface area contributed by atoms with Crippen molar-refractivity contribution in [2.24, 2.45) is 0 Å². The molecule has 10 aromatic rings. The zero-order valence-electron chi connectivity index (χ0n) is 26.7. The quantitative estimate of drug-likeness (QED) is 0.187. The van der Waals surface area contributed by atoms with Crippen LogP contribution in [0.5, 0.6) is 0 Å². The maximum Gasteiger partial charge on any atom is 0.164 e. The molecule has 0 aliphatic rings. The SMILES string of the molecule is c1ccc(-c2nc(-c3ccccc3)nc(-c3cccc(-c4ccc5c(c4)oc4c(-c6ccc7c(c6)oc6ccccc67)cccc45)c3)n2)cc1. The molecule has 0 atom stereocenters. The van der Waals surface area contributed by atoms with E-state index in [1.54, 1.807) is 0 Å². The monoisotopic (exact) mass is 641 g/mol. The Morgan fingerprint density at radius 2 is 0.800 bits per heavy atom. The maximum atomic E-state index is 6.65. The molecule has 5 heteroatoms. The Kier molecular flexibility index (Phi) is 6.42. The molecule has 0 spiro atoms. The van der Waals surface area contributed by atoms with E-state index in [9.17, 15) is 0 Å². The number of rotatable bonds is 5. The first-order chi connectivity index (χ1) is 24.7. The summed E-state index contributed by atoms with van der Waals surface area (Å²) in [6.45, 7) is 0. The Balaban J connectivity index is 1.06. The van der Waals surface area contributed by atoms with Crippen molar-refractivity contribution in [3.8, 4) is 56.4 Å². The average molecular weight is 642 g/mol. The van der Waals surface area contributed by atoms with Gasteiger partial charge < -0.3 is 8.83 Å². The molecule has 0 aliphatic carbocycles. The molecule has 0 radical (unpaired) electrons. The zero-order valence-corrected chi connectivity index (χ0v) is 26.7. The second-order valence-electron chi connectivity index (χ2n) is 12.4. The number of para-hydroxylation sites is 2. The standard InChI is InChI=1S/C45H27N3O2/c1-3-11-28(12-4-1)43-46-44(29-13-5-2-6-14-29)48-45(47-43)33-16-9-15-30(25-33)31-21-23-37-38-19-10-18-34(42(38)50-41(37)26-31)32-22-24-36-35-17-7-8-20-39(35)49-40(36)27-32/h1-27H. The van der Waals surface area contributed by atoms with Crippen molar-refractivity contribution in [3.63, 3.8) is 0 Å². The van der Waals surface area contributed by atoms with Gasteiger partial charge in [0.1, 0.15) is 22.3 Å². The molecule has 0 fully saturated rings. The fourth-order valence-electron chi connectivity index (χ4n) is 6.87. The molecular weight excluding hydrogens is 615 g/mol. The van der Waals surface area contributed by atoms with Crippen LogP contribution in [0.1, 0.15) is 0 Å². The number of aromatic nitrogens is 3. The maximum absolute atomic E-state index is 6.65. The third-order valence-corrected chi connectivity index (χ3v) is 9.34. The molecule has 234 valence electrons. The summed E-state index contributed by atoms with van der Waals surface area (Å²) >= 11 is 0. The number of hydrogen-bond acceptors (Lipinski definition) is 5. The number of hydrogen-bond donors (Lipinski definition) is 0. The van der Waals surface area contributed by atoms with Crippen LogP contribution in [0, 0.1) is 0 Å². The van der Waals surface area contributed by atoms with Crippen molar-refractivity contribution in [3.05, 3.63) is 164 Å². The number of nitrogens with zero attached hydrogens (tertiary/aromatic N) is 3. The second kappa shape index (κ2) is 11.4. The van der Waals surface area contributed by atoms with E-state index in [4.69, 9.17) is 23.8 Å². The Morgan fingerprint density at radius 3 is 1.56 bits per heavy atom. The van der Waals surface area contributed by atoms with Crippen molar-refractivity contribution in [2.75, 3.05) is 0 Å². The molecular formula is C45H27N3O2. The van der Waals surface area contributed by atoms with Gasteiger partial charge >= 0.3 is 0 Å². The molecule has 0 N–H and O–H groups in total. The lowest BCUT2D eigenvalue weighted by atomic mass is 9.99. The van der Waals surface area contributed by atoms with Crippen molar-refractivity contribution < 1.29 is 8.83 Å². The van der Waals surface area contributed by atoms with E-state index in [2.05, 4.69) is 72.8 Å². The number of benzene rings is 7. The Bertz CT molecular complexity index is 2810. The van der Waals surface area contributed by atoms with E-state index >= 15 is 0 Å². The summed E-state index contributed by atoms with van der Waals surface area (Å²) in [7, 11) is 0. The van der Waals surface area contributed by atoms with Gasteiger partial charge in [0, 0.05) is 43.8 Å². The third kappa shape index (κ3) is 4.75. The first kappa shape index (κ1) is 28.2. The molecule has 5 nitrogen and oxygen atoms in total. The molecule has 3 aromatic heterocycles. The van der Waals surface area contributed by atoms with Crippen LogP contribution in [0.15, 0.2) is 173 Å². The summed E-state index contributed by atoms with van der Waals surface area (Å²) in [6.07, 6.45) is 0. The van der Waals surface area contributed by atoms with E-state index in [0.717, 1.165) is 82.8 Å². The van der Waals surface area contributed by atoms with E-state index in [1.807, 2.05) is 91.0 Å². The minimum absolute atomic E-state index is 0.621. The molecule has 0 saturated heterocycles. The van der Waals surface area contributed by atoms with Gasteiger partial charge in [0.15, 0.2) is 17.5 Å². The predicted molar refractivity (Wildman–Crippen MR) is 202 cm³/mol. The van der Waals surface area contributed by atoms with Gasteiger partial charge in [-0.1, -0.05) is 127 Å². The number of furan rings is 2.